The number of aliphatic hydroxyl groups is 1. The molecule has 6 nitrogen and oxygen atoms in total. The Morgan fingerprint density at radius 2 is 2.10 bits per heavy atom. The van der Waals surface area contributed by atoms with Crippen LogP contribution in [0.4, 0.5) is 5.95 Å². The molecule has 1 saturated carbocycles. The van der Waals surface area contributed by atoms with Gasteiger partial charge in [-0.15, -0.1) is 0 Å². The number of aliphatic hydroxyl groups excluding tert-OH is 1. The number of fused-ring (bicyclic) bond motifs is 1. The maximum absolute atomic E-state index is 9.70. The first-order valence-electron chi connectivity index (χ1n) is 7.10. The zero-order valence-electron chi connectivity index (χ0n) is 12.1. The predicted molar refractivity (Wildman–Crippen MR) is 77.6 cm³/mol. The number of imidazole rings is 1. The second-order valence-electron chi connectivity index (χ2n) is 5.96. The van der Waals surface area contributed by atoms with Crippen LogP contribution in [0.15, 0.2) is 12.5 Å². The Morgan fingerprint density at radius 3 is 2.80 bits per heavy atom. The summed E-state index contributed by atoms with van der Waals surface area (Å²) in [6, 6.07) is 0. The van der Waals surface area contributed by atoms with Gasteiger partial charge < -0.3 is 14.6 Å². The summed E-state index contributed by atoms with van der Waals surface area (Å²) in [4.78, 5) is 15.2. The van der Waals surface area contributed by atoms with Gasteiger partial charge in [-0.25, -0.2) is 9.97 Å². The summed E-state index contributed by atoms with van der Waals surface area (Å²) < 4.78 is 1.91. The van der Waals surface area contributed by atoms with Crippen LogP contribution >= 0.6 is 0 Å². The van der Waals surface area contributed by atoms with Gasteiger partial charge in [-0.05, 0) is 12.8 Å². The van der Waals surface area contributed by atoms with Crippen LogP contribution in [0.2, 0.25) is 0 Å². The SMILES string of the molecule is CN(CC1(CO)CCCC1)c1ncc2c(ncn2C)n1. The third-order valence-electron chi connectivity index (χ3n) is 4.38. The van der Waals surface area contributed by atoms with Crippen LogP contribution in [-0.2, 0) is 7.05 Å². The van der Waals surface area contributed by atoms with Crippen LogP contribution < -0.4 is 4.90 Å². The summed E-state index contributed by atoms with van der Waals surface area (Å²) >= 11 is 0. The average molecular weight is 275 g/mol. The lowest BCUT2D eigenvalue weighted by Gasteiger charge is -2.31. The molecule has 1 N–H and O–H groups in total. The molecule has 1 fully saturated rings. The van der Waals surface area contributed by atoms with E-state index in [0.29, 0.717) is 11.6 Å². The standard InChI is InChI=1S/C14H21N5O/c1-18(8-14(9-20)5-3-4-6-14)13-15-7-11-12(17-13)16-10-19(11)2/h7,10,20H,3-6,8-9H2,1-2H3. The van der Waals surface area contributed by atoms with Crippen LogP contribution in [0, 0.1) is 5.41 Å². The van der Waals surface area contributed by atoms with Crippen LogP contribution in [-0.4, -0.2) is 44.8 Å². The normalized spacial score (nSPS) is 17.8. The van der Waals surface area contributed by atoms with Gasteiger partial charge in [0.05, 0.1) is 19.1 Å². The highest BCUT2D eigenvalue weighted by molar-refractivity contribution is 5.70. The van der Waals surface area contributed by atoms with E-state index in [2.05, 4.69) is 15.0 Å². The van der Waals surface area contributed by atoms with E-state index in [1.54, 1.807) is 12.5 Å². The number of nitrogens with zero attached hydrogens (tertiary/aromatic N) is 5. The first-order valence-corrected chi connectivity index (χ1v) is 7.10. The molecule has 0 aromatic carbocycles. The Hall–Kier alpha value is -1.69. The second-order valence-corrected chi connectivity index (χ2v) is 5.96. The van der Waals surface area contributed by atoms with Crippen molar-refractivity contribution in [1.82, 2.24) is 19.5 Å². The molecule has 0 bridgehead atoms. The van der Waals surface area contributed by atoms with Gasteiger partial charge in [0.1, 0.15) is 5.52 Å². The zero-order valence-corrected chi connectivity index (χ0v) is 12.1. The molecule has 2 aromatic heterocycles. The molecule has 1 aliphatic carbocycles. The van der Waals surface area contributed by atoms with Crippen molar-refractivity contribution in [2.75, 3.05) is 25.1 Å². The largest absolute Gasteiger partial charge is 0.396 e. The summed E-state index contributed by atoms with van der Waals surface area (Å²) in [5.74, 6) is 0.677. The number of rotatable bonds is 4. The lowest BCUT2D eigenvalue weighted by atomic mass is 9.87. The summed E-state index contributed by atoms with van der Waals surface area (Å²) in [6.45, 7) is 1.03. The van der Waals surface area contributed by atoms with E-state index >= 15 is 0 Å². The van der Waals surface area contributed by atoms with Gasteiger partial charge in [-0.3, -0.25) is 0 Å². The zero-order chi connectivity index (χ0) is 14.2. The van der Waals surface area contributed by atoms with Crippen LogP contribution in [0.3, 0.4) is 0 Å². The smallest absolute Gasteiger partial charge is 0.227 e. The Kier molecular flexibility index (Phi) is 3.33. The van der Waals surface area contributed by atoms with Crippen molar-refractivity contribution in [3.8, 4) is 0 Å². The number of hydrogen-bond acceptors (Lipinski definition) is 5. The molecule has 3 rings (SSSR count). The van der Waals surface area contributed by atoms with Crippen molar-refractivity contribution in [3.63, 3.8) is 0 Å². The summed E-state index contributed by atoms with van der Waals surface area (Å²) in [5, 5.41) is 9.70. The molecule has 6 heteroatoms. The molecule has 0 spiro atoms. The Labute approximate surface area is 118 Å². The Balaban J connectivity index is 1.82. The van der Waals surface area contributed by atoms with Gasteiger partial charge in [0.15, 0.2) is 5.65 Å². The molecule has 0 unspecified atom stereocenters. The summed E-state index contributed by atoms with van der Waals surface area (Å²) in [5.41, 5.74) is 1.66. The van der Waals surface area contributed by atoms with E-state index < -0.39 is 0 Å². The molecular formula is C14H21N5O. The molecule has 0 radical (unpaired) electrons. The number of aryl methyl sites for hydroxylation is 1. The molecule has 0 saturated heterocycles. The topological polar surface area (TPSA) is 67.1 Å². The van der Waals surface area contributed by atoms with Crippen LogP contribution in [0.1, 0.15) is 25.7 Å². The Morgan fingerprint density at radius 1 is 1.35 bits per heavy atom. The van der Waals surface area contributed by atoms with Crippen molar-refractivity contribution in [1.29, 1.82) is 0 Å². The van der Waals surface area contributed by atoms with E-state index in [9.17, 15) is 5.11 Å². The number of aromatic nitrogens is 4. The fourth-order valence-electron chi connectivity index (χ4n) is 3.15. The van der Waals surface area contributed by atoms with Crippen molar-refractivity contribution in [3.05, 3.63) is 12.5 Å². The van der Waals surface area contributed by atoms with Crippen molar-refractivity contribution in [2.45, 2.75) is 25.7 Å². The minimum Gasteiger partial charge on any atom is -0.396 e. The van der Waals surface area contributed by atoms with Gasteiger partial charge in [-0.1, -0.05) is 12.8 Å². The van der Waals surface area contributed by atoms with Crippen molar-refractivity contribution < 1.29 is 5.11 Å². The first kappa shape index (κ1) is 13.3. The van der Waals surface area contributed by atoms with Crippen molar-refractivity contribution >= 4 is 17.1 Å². The average Bonchev–Trinajstić information content (AvgIpc) is 3.07. The lowest BCUT2D eigenvalue weighted by molar-refractivity contribution is 0.136. The van der Waals surface area contributed by atoms with E-state index in [1.807, 2.05) is 23.6 Å². The Bertz CT molecular complexity index is 603. The van der Waals surface area contributed by atoms with Crippen LogP contribution in [0.5, 0.6) is 0 Å². The molecule has 2 aromatic rings. The van der Waals surface area contributed by atoms with E-state index in [0.717, 1.165) is 24.9 Å². The molecule has 2 heterocycles. The molecule has 108 valence electrons. The third kappa shape index (κ3) is 2.24. The van der Waals surface area contributed by atoms with E-state index in [-0.39, 0.29) is 12.0 Å². The van der Waals surface area contributed by atoms with E-state index in [4.69, 9.17) is 0 Å². The highest BCUT2D eigenvalue weighted by atomic mass is 16.3. The van der Waals surface area contributed by atoms with Gasteiger partial charge in [0, 0.05) is 26.1 Å². The third-order valence-corrected chi connectivity index (χ3v) is 4.38. The van der Waals surface area contributed by atoms with E-state index in [1.165, 1.54) is 12.8 Å². The molecular weight excluding hydrogens is 254 g/mol. The number of hydrogen-bond donors (Lipinski definition) is 1. The second kappa shape index (κ2) is 5.01. The molecule has 0 atom stereocenters. The fraction of sp³-hybridized carbons (Fsp3) is 0.643. The molecule has 0 aliphatic heterocycles. The lowest BCUT2D eigenvalue weighted by Crippen LogP contribution is -2.37. The van der Waals surface area contributed by atoms with Gasteiger partial charge in [0.2, 0.25) is 5.95 Å². The van der Waals surface area contributed by atoms with Gasteiger partial charge in [0.25, 0.3) is 0 Å². The van der Waals surface area contributed by atoms with Gasteiger partial charge >= 0.3 is 0 Å². The summed E-state index contributed by atoms with van der Waals surface area (Å²) in [7, 11) is 3.92. The first-order chi connectivity index (χ1) is 9.63. The maximum Gasteiger partial charge on any atom is 0.227 e. The predicted octanol–water partition coefficient (Wildman–Crippen LogP) is 1.35. The minimum absolute atomic E-state index is 0.0111. The monoisotopic (exact) mass is 275 g/mol. The molecule has 0 amide bonds. The number of anilines is 1. The highest BCUT2D eigenvalue weighted by Gasteiger charge is 2.34. The van der Waals surface area contributed by atoms with Crippen LogP contribution in [0.25, 0.3) is 11.2 Å². The highest BCUT2D eigenvalue weighted by Crippen LogP contribution is 2.38. The molecule has 1 aliphatic rings. The summed E-state index contributed by atoms with van der Waals surface area (Å²) in [6.07, 6.45) is 8.12. The maximum atomic E-state index is 9.70. The van der Waals surface area contributed by atoms with Gasteiger partial charge in [-0.2, -0.15) is 4.98 Å². The molecule has 20 heavy (non-hydrogen) atoms. The quantitative estimate of drug-likeness (QED) is 0.912. The fourth-order valence-corrected chi connectivity index (χ4v) is 3.15. The van der Waals surface area contributed by atoms with Crippen molar-refractivity contribution in [2.24, 2.45) is 12.5 Å². The minimum atomic E-state index is 0.0111.